The first-order valence-electron chi connectivity index (χ1n) is 3.94. The second-order valence-electron chi connectivity index (χ2n) is 2.78. The molecular weight excluding hydrogens is 285 g/mol. The molecule has 1 rings (SSSR count). The summed E-state index contributed by atoms with van der Waals surface area (Å²) in [7, 11) is 0.410. The zero-order chi connectivity index (χ0) is 13.3. The van der Waals surface area contributed by atoms with Crippen LogP contribution in [0.15, 0.2) is 23.1 Å². The second kappa shape index (κ2) is 4.53. The minimum absolute atomic E-state index is 0.0680. The highest BCUT2D eigenvalue weighted by Crippen LogP contribution is 2.33. The third kappa shape index (κ3) is 3.60. The summed E-state index contributed by atoms with van der Waals surface area (Å²) in [6, 6.07) is 2.79. The van der Waals surface area contributed by atoms with Gasteiger partial charge in [0.2, 0.25) is 0 Å². The Morgan fingerprint density at radius 2 is 1.88 bits per heavy atom. The van der Waals surface area contributed by atoms with Crippen molar-refractivity contribution in [3.63, 3.8) is 0 Å². The quantitative estimate of drug-likeness (QED) is 0.632. The standard InChI is InChI=1S/C8H4ClF3O4S/c9-17(14,15)7-5(4-13)2-1-3-6(7)16-8(10,11)12/h1-4H. The number of halogens is 4. The second-order valence-corrected chi connectivity index (χ2v) is 5.28. The molecule has 0 aliphatic carbocycles. The largest absolute Gasteiger partial charge is 0.573 e. The maximum Gasteiger partial charge on any atom is 0.573 e. The zero-order valence-corrected chi connectivity index (χ0v) is 9.43. The van der Waals surface area contributed by atoms with E-state index in [0.29, 0.717) is 0 Å². The minimum Gasteiger partial charge on any atom is -0.404 e. The third-order valence-electron chi connectivity index (χ3n) is 1.61. The van der Waals surface area contributed by atoms with Gasteiger partial charge < -0.3 is 4.74 Å². The molecule has 1 aromatic carbocycles. The van der Waals surface area contributed by atoms with Gasteiger partial charge in [-0.2, -0.15) is 0 Å². The van der Waals surface area contributed by atoms with Gasteiger partial charge in [0.1, 0.15) is 10.6 Å². The van der Waals surface area contributed by atoms with Crippen LogP contribution >= 0.6 is 10.7 Å². The molecule has 0 heterocycles. The fourth-order valence-electron chi connectivity index (χ4n) is 1.09. The lowest BCUT2D eigenvalue weighted by Gasteiger charge is -2.12. The Kier molecular flexibility index (Phi) is 3.68. The van der Waals surface area contributed by atoms with Gasteiger partial charge in [0.05, 0.1) is 0 Å². The number of hydrogen-bond donors (Lipinski definition) is 0. The lowest BCUT2D eigenvalue weighted by molar-refractivity contribution is -0.275. The van der Waals surface area contributed by atoms with Crippen LogP contribution in [0.3, 0.4) is 0 Å². The van der Waals surface area contributed by atoms with Gasteiger partial charge in [-0.1, -0.05) is 12.1 Å². The first-order valence-corrected chi connectivity index (χ1v) is 6.24. The van der Waals surface area contributed by atoms with Gasteiger partial charge in [-0.25, -0.2) is 8.42 Å². The topological polar surface area (TPSA) is 60.4 Å². The van der Waals surface area contributed by atoms with Gasteiger partial charge in [-0.3, -0.25) is 4.79 Å². The molecule has 94 valence electrons. The Morgan fingerprint density at radius 1 is 1.29 bits per heavy atom. The summed E-state index contributed by atoms with van der Waals surface area (Å²) >= 11 is 0. The van der Waals surface area contributed by atoms with Gasteiger partial charge in [0.25, 0.3) is 9.05 Å². The molecule has 9 heteroatoms. The van der Waals surface area contributed by atoms with Crippen molar-refractivity contribution < 1.29 is 31.1 Å². The molecule has 17 heavy (non-hydrogen) atoms. The number of benzene rings is 1. The van der Waals surface area contributed by atoms with E-state index in [1.54, 1.807) is 0 Å². The molecule has 0 spiro atoms. The van der Waals surface area contributed by atoms with Crippen LogP contribution < -0.4 is 4.74 Å². The summed E-state index contributed by atoms with van der Waals surface area (Å²) in [6.07, 6.45) is -5.02. The number of aldehydes is 1. The van der Waals surface area contributed by atoms with Gasteiger partial charge in [-0.15, -0.1) is 13.2 Å². The van der Waals surface area contributed by atoms with Gasteiger partial charge >= 0.3 is 6.36 Å². The Morgan fingerprint density at radius 3 is 2.29 bits per heavy atom. The summed E-state index contributed by atoms with van der Waals surface area (Å²) in [5.41, 5.74) is -0.512. The van der Waals surface area contributed by atoms with E-state index in [4.69, 9.17) is 10.7 Å². The van der Waals surface area contributed by atoms with Crippen molar-refractivity contribution in [2.75, 3.05) is 0 Å². The van der Waals surface area contributed by atoms with Crippen LogP contribution in [0.25, 0.3) is 0 Å². The summed E-state index contributed by atoms with van der Waals surface area (Å²) in [6.45, 7) is 0. The number of hydrogen-bond acceptors (Lipinski definition) is 4. The highest BCUT2D eigenvalue weighted by molar-refractivity contribution is 8.13. The molecule has 0 unspecified atom stereocenters. The van der Waals surface area contributed by atoms with Crippen LogP contribution in [0.2, 0.25) is 0 Å². The van der Waals surface area contributed by atoms with Crippen molar-refractivity contribution in [3.05, 3.63) is 23.8 Å². The maximum atomic E-state index is 12.0. The van der Waals surface area contributed by atoms with Crippen molar-refractivity contribution in [2.24, 2.45) is 0 Å². The summed E-state index contributed by atoms with van der Waals surface area (Å²) in [4.78, 5) is 9.53. The number of carbonyl (C=O) groups excluding carboxylic acids is 1. The average molecular weight is 289 g/mol. The van der Waals surface area contributed by atoms with Crippen LogP contribution in [0, 0.1) is 0 Å². The molecule has 0 saturated carbocycles. The maximum absolute atomic E-state index is 12.0. The van der Waals surface area contributed by atoms with E-state index in [9.17, 15) is 26.4 Å². The summed E-state index contributed by atoms with van der Waals surface area (Å²) < 4.78 is 61.6. The van der Waals surface area contributed by atoms with Gasteiger partial charge in [0.15, 0.2) is 6.29 Å². The first kappa shape index (κ1) is 13.8. The van der Waals surface area contributed by atoms with Crippen molar-refractivity contribution in [1.82, 2.24) is 0 Å². The third-order valence-corrected chi connectivity index (χ3v) is 2.99. The predicted octanol–water partition coefficient (Wildman–Crippen LogP) is 2.33. The summed E-state index contributed by atoms with van der Waals surface area (Å²) in [5.74, 6) is -1.04. The average Bonchev–Trinajstić information content (AvgIpc) is 2.12. The number of ether oxygens (including phenoxy) is 1. The van der Waals surface area contributed by atoms with Crippen LogP contribution in [-0.4, -0.2) is 21.1 Å². The van der Waals surface area contributed by atoms with E-state index in [0.717, 1.165) is 18.2 Å². The van der Waals surface area contributed by atoms with Gasteiger partial charge in [-0.05, 0) is 6.07 Å². The minimum atomic E-state index is -5.09. The fraction of sp³-hybridized carbons (Fsp3) is 0.125. The lowest BCUT2D eigenvalue weighted by atomic mass is 10.2. The highest BCUT2D eigenvalue weighted by atomic mass is 35.7. The Balaban J connectivity index is 3.46. The van der Waals surface area contributed by atoms with E-state index >= 15 is 0 Å². The Hall–Kier alpha value is -1.28. The molecule has 0 amide bonds. The SMILES string of the molecule is O=Cc1cccc(OC(F)(F)F)c1S(=O)(=O)Cl. The predicted molar refractivity (Wildman–Crippen MR) is 51.6 cm³/mol. The van der Waals surface area contributed by atoms with Crippen LogP contribution in [0.1, 0.15) is 10.4 Å². The smallest absolute Gasteiger partial charge is 0.404 e. The van der Waals surface area contributed by atoms with E-state index in [2.05, 4.69) is 4.74 Å². The van der Waals surface area contributed by atoms with E-state index in [1.807, 2.05) is 0 Å². The molecule has 1 aromatic rings. The molecule has 4 nitrogen and oxygen atoms in total. The lowest BCUT2D eigenvalue weighted by Crippen LogP contribution is -2.19. The van der Waals surface area contributed by atoms with Crippen LogP contribution in [0.5, 0.6) is 5.75 Å². The van der Waals surface area contributed by atoms with Gasteiger partial charge in [0, 0.05) is 16.2 Å². The first-order chi connectivity index (χ1) is 7.65. The van der Waals surface area contributed by atoms with E-state index < -0.39 is 31.6 Å². The molecule has 0 bridgehead atoms. The number of carbonyl (C=O) groups is 1. The molecule has 0 aliphatic rings. The van der Waals surface area contributed by atoms with E-state index in [-0.39, 0.29) is 6.29 Å². The van der Waals surface area contributed by atoms with Crippen molar-refractivity contribution in [2.45, 2.75) is 11.3 Å². The van der Waals surface area contributed by atoms with E-state index in [1.165, 1.54) is 0 Å². The fourth-order valence-corrected chi connectivity index (χ4v) is 2.33. The molecule has 0 atom stereocenters. The van der Waals surface area contributed by atoms with Crippen molar-refractivity contribution in [3.8, 4) is 5.75 Å². The molecule has 0 N–H and O–H groups in total. The number of alkyl halides is 3. The van der Waals surface area contributed by atoms with Crippen molar-refractivity contribution >= 4 is 26.0 Å². The van der Waals surface area contributed by atoms with Crippen LogP contribution in [-0.2, 0) is 9.05 Å². The molecule has 0 aromatic heterocycles. The molecule has 0 fully saturated rings. The number of rotatable bonds is 3. The Bertz CT molecular complexity index is 538. The zero-order valence-electron chi connectivity index (χ0n) is 7.86. The molecular formula is C8H4ClF3O4S. The summed E-state index contributed by atoms with van der Waals surface area (Å²) in [5, 5.41) is 0. The molecule has 0 saturated heterocycles. The molecule has 0 radical (unpaired) electrons. The van der Waals surface area contributed by atoms with Crippen LogP contribution in [0.4, 0.5) is 13.2 Å². The Labute approximate surface area is 98.4 Å². The highest BCUT2D eigenvalue weighted by Gasteiger charge is 2.34. The van der Waals surface area contributed by atoms with Crippen molar-refractivity contribution in [1.29, 1.82) is 0 Å². The normalized spacial score (nSPS) is 12.2. The molecule has 0 aliphatic heterocycles. The monoisotopic (exact) mass is 288 g/mol.